The van der Waals surface area contributed by atoms with Crippen molar-refractivity contribution in [3.05, 3.63) is 24.3 Å². The average molecular weight is 296 g/mol. The lowest BCUT2D eigenvalue weighted by molar-refractivity contribution is 0.0754. The minimum atomic E-state index is 0.307. The van der Waals surface area contributed by atoms with Gasteiger partial charge in [-0.15, -0.1) is 11.6 Å². The third-order valence-electron chi connectivity index (χ3n) is 3.17. The molecule has 0 aromatic carbocycles. The number of aromatic nitrogens is 3. The molecule has 2 rings (SSSR count). The van der Waals surface area contributed by atoms with Gasteiger partial charge < -0.3 is 9.30 Å². The highest BCUT2D eigenvalue weighted by Gasteiger charge is 2.09. The van der Waals surface area contributed by atoms with E-state index < -0.39 is 0 Å². The predicted molar refractivity (Wildman–Crippen MR) is 82.3 cm³/mol. The number of halogens is 1. The minimum absolute atomic E-state index is 0.307. The van der Waals surface area contributed by atoms with Crippen LogP contribution in [0.4, 0.5) is 0 Å². The molecule has 110 valence electrons. The second-order valence-corrected chi connectivity index (χ2v) is 5.49. The van der Waals surface area contributed by atoms with E-state index in [1.54, 1.807) is 0 Å². The summed E-state index contributed by atoms with van der Waals surface area (Å²) >= 11 is 5.87. The fourth-order valence-corrected chi connectivity index (χ4v) is 2.42. The molecule has 0 atom stereocenters. The van der Waals surface area contributed by atoms with Crippen molar-refractivity contribution in [1.29, 1.82) is 0 Å². The molecule has 2 heterocycles. The van der Waals surface area contributed by atoms with Crippen LogP contribution in [0.3, 0.4) is 0 Å². The summed E-state index contributed by atoms with van der Waals surface area (Å²) in [6, 6.07) is 2.02. The summed E-state index contributed by atoms with van der Waals surface area (Å²) in [5.41, 5.74) is 2.09. The fraction of sp³-hybridized carbons (Fsp3) is 0.600. The van der Waals surface area contributed by atoms with E-state index in [0.29, 0.717) is 12.0 Å². The maximum absolute atomic E-state index is 5.87. The Hall–Kier alpha value is -1.13. The molecule has 0 fully saturated rings. The third-order valence-corrected chi connectivity index (χ3v) is 3.36. The van der Waals surface area contributed by atoms with Gasteiger partial charge in [-0.3, -0.25) is 4.98 Å². The monoisotopic (exact) mass is 295 g/mol. The van der Waals surface area contributed by atoms with Gasteiger partial charge in [-0.1, -0.05) is 0 Å². The van der Waals surface area contributed by atoms with E-state index in [0.717, 1.165) is 49.3 Å². The van der Waals surface area contributed by atoms with Crippen LogP contribution < -0.4 is 0 Å². The van der Waals surface area contributed by atoms with Crippen molar-refractivity contribution < 1.29 is 4.74 Å². The number of pyridine rings is 1. The first-order valence-corrected chi connectivity index (χ1v) is 7.72. The van der Waals surface area contributed by atoms with E-state index in [9.17, 15) is 0 Å². The molecule has 4 nitrogen and oxygen atoms in total. The summed E-state index contributed by atoms with van der Waals surface area (Å²) in [5, 5.41) is 0. The first-order valence-electron chi connectivity index (χ1n) is 7.19. The highest BCUT2D eigenvalue weighted by atomic mass is 35.5. The Morgan fingerprint density at radius 1 is 1.35 bits per heavy atom. The lowest BCUT2D eigenvalue weighted by Crippen LogP contribution is -2.08. The molecule has 0 saturated heterocycles. The molecule has 2 aromatic rings. The van der Waals surface area contributed by atoms with Gasteiger partial charge >= 0.3 is 0 Å². The van der Waals surface area contributed by atoms with Gasteiger partial charge in [-0.25, -0.2) is 4.98 Å². The van der Waals surface area contributed by atoms with Crippen LogP contribution >= 0.6 is 11.6 Å². The maximum Gasteiger partial charge on any atom is 0.111 e. The zero-order valence-electron chi connectivity index (χ0n) is 12.2. The highest BCUT2D eigenvalue weighted by Crippen LogP contribution is 2.16. The van der Waals surface area contributed by atoms with Crippen molar-refractivity contribution in [3.63, 3.8) is 0 Å². The lowest BCUT2D eigenvalue weighted by Gasteiger charge is -2.10. The zero-order valence-corrected chi connectivity index (χ0v) is 12.9. The van der Waals surface area contributed by atoms with Crippen molar-refractivity contribution in [1.82, 2.24) is 14.5 Å². The van der Waals surface area contributed by atoms with Gasteiger partial charge in [0.05, 0.1) is 17.8 Å². The molecular formula is C15H22ClN3O. The van der Waals surface area contributed by atoms with Crippen LogP contribution in [-0.4, -0.2) is 33.1 Å². The van der Waals surface area contributed by atoms with E-state index >= 15 is 0 Å². The van der Waals surface area contributed by atoms with Crippen molar-refractivity contribution in [3.8, 4) is 0 Å². The molecule has 0 bridgehead atoms. The van der Waals surface area contributed by atoms with Gasteiger partial charge in [0.1, 0.15) is 11.3 Å². The first kappa shape index (κ1) is 15.3. The highest BCUT2D eigenvalue weighted by molar-refractivity contribution is 6.17. The number of hydrogen-bond acceptors (Lipinski definition) is 3. The third kappa shape index (κ3) is 3.93. The van der Waals surface area contributed by atoms with Crippen LogP contribution in [0.25, 0.3) is 11.0 Å². The van der Waals surface area contributed by atoms with E-state index in [1.807, 2.05) is 18.5 Å². The summed E-state index contributed by atoms with van der Waals surface area (Å²) < 4.78 is 7.83. The smallest absolute Gasteiger partial charge is 0.111 e. The molecular weight excluding hydrogens is 274 g/mol. The number of hydrogen-bond donors (Lipinski definition) is 0. The maximum atomic E-state index is 5.87. The molecule has 5 heteroatoms. The predicted octanol–water partition coefficient (Wildman–Crippen LogP) is 3.42. The van der Waals surface area contributed by atoms with Crippen LogP contribution in [0.2, 0.25) is 0 Å². The molecule has 2 aromatic heterocycles. The van der Waals surface area contributed by atoms with Gasteiger partial charge in [0, 0.05) is 31.6 Å². The lowest BCUT2D eigenvalue weighted by atomic mass is 10.3. The Morgan fingerprint density at radius 3 is 2.95 bits per heavy atom. The molecule has 0 N–H and O–H groups in total. The molecule has 0 spiro atoms. The summed E-state index contributed by atoms with van der Waals surface area (Å²) in [6.45, 7) is 5.90. The van der Waals surface area contributed by atoms with Crippen molar-refractivity contribution in [2.45, 2.75) is 45.8 Å². The topological polar surface area (TPSA) is 39.9 Å². The second kappa shape index (κ2) is 7.60. The largest absolute Gasteiger partial charge is 0.379 e. The summed E-state index contributed by atoms with van der Waals surface area (Å²) in [4.78, 5) is 8.74. The van der Waals surface area contributed by atoms with Crippen LogP contribution in [0.15, 0.2) is 18.5 Å². The van der Waals surface area contributed by atoms with Crippen molar-refractivity contribution in [2.24, 2.45) is 0 Å². The van der Waals surface area contributed by atoms with Gasteiger partial charge in [-0.05, 0) is 32.8 Å². The Morgan fingerprint density at radius 2 is 2.20 bits per heavy atom. The van der Waals surface area contributed by atoms with Crippen LogP contribution in [0.1, 0.15) is 32.5 Å². The standard InChI is InChI=1S/C15H22ClN3O/c1-12(2)20-10-4-3-9-19-14-6-8-17-11-13(14)18-15(19)5-7-16/h6,8,11-12H,3-5,7,9-10H2,1-2H3. The summed E-state index contributed by atoms with van der Waals surface area (Å²) in [6.07, 6.45) is 6.86. The molecule has 0 saturated carbocycles. The van der Waals surface area contributed by atoms with Gasteiger partial charge in [-0.2, -0.15) is 0 Å². The SMILES string of the molecule is CC(C)OCCCCn1c(CCCl)nc2cnccc21. The zero-order chi connectivity index (χ0) is 14.4. The number of fused-ring (bicyclic) bond motifs is 1. The average Bonchev–Trinajstić information content (AvgIpc) is 2.76. The Labute approximate surface area is 125 Å². The number of ether oxygens (including phenoxy) is 1. The molecule has 0 radical (unpaired) electrons. The Kier molecular flexibility index (Phi) is 5.80. The van der Waals surface area contributed by atoms with Gasteiger partial charge in [0.15, 0.2) is 0 Å². The first-order chi connectivity index (χ1) is 9.72. The fourth-order valence-electron chi connectivity index (χ4n) is 2.25. The number of aryl methyl sites for hydroxylation is 2. The normalized spacial score (nSPS) is 11.6. The van der Waals surface area contributed by atoms with Crippen LogP contribution in [0, 0.1) is 0 Å². The van der Waals surface area contributed by atoms with Crippen LogP contribution in [0.5, 0.6) is 0 Å². The quantitative estimate of drug-likeness (QED) is 0.553. The van der Waals surface area contributed by atoms with E-state index in [-0.39, 0.29) is 0 Å². The molecule has 20 heavy (non-hydrogen) atoms. The molecule has 0 aliphatic carbocycles. The van der Waals surface area contributed by atoms with E-state index in [4.69, 9.17) is 16.3 Å². The summed E-state index contributed by atoms with van der Waals surface area (Å²) in [5.74, 6) is 1.64. The van der Waals surface area contributed by atoms with Crippen LogP contribution in [-0.2, 0) is 17.7 Å². The van der Waals surface area contributed by atoms with Gasteiger partial charge in [0.2, 0.25) is 0 Å². The van der Waals surface area contributed by atoms with Gasteiger partial charge in [0.25, 0.3) is 0 Å². The van der Waals surface area contributed by atoms with Crippen molar-refractivity contribution >= 4 is 22.6 Å². The number of imidazole rings is 1. The van der Waals surface area contributed by atoms with E-state index in [1.165, 1.54) is 0 Å². The summed E-state index contributed by atoms with van der Waals surface area (Å²) in [7, 11) is 0. The molecule has 0 aliphatic heterocycles. The number of alkyl halides is 1. The van der Waals surface area contributed by atoms with E-state index in [2.05, 4.69) is 28.4 Å². The van der Waals surface area contributed by atoms with Crippen molar-refractivity contribution in [2.75, 3.05) is 12.5 Å². The Bertz CT molecular complexity index is 539. The number of nitrogens with zero attached hydrogens (tertiary/aromatic N) is 3. The Balaban J connectivity index is 2.01. The second-order valence-electron chi connectivity index (χ2n) is 5.11. The molecule has 0 unspecified atom stereocenters. The number of rotatable bonds is 8. The molecule has 0 amide bonds. The molecule has 0 aliphatic rings. The minimum Gasteiger partial charge on any atom is -0.379 e. The number of unbranched alkanes of at least 4 members (excludes halogenated alkanes) is 1.